The molecule has 0 atom stereocenters. The second-order valence-corrected chi connectivity index (χ2v) is 4.90. The molecular weight excluding hydrogens is 283 g/mol. The summed E-state index contributed by atoms with van der Waals surface area (Å²) in [6.45, 7) is 3.16. The number of hydrogen-bond acceptors (Lipinski definition) is 2. The molecule has 0 aromatic heterocycles. The van der Waals surface area contributed by atoms with Gasteiger partial charge in [-0.25, -0.2) is 0 Å². The Balaban J connectivity index is 2.99. The molecule has 0 unspecified atom stereocenters. The second kappa shape index (κ2) is 7.24. The van der Waals surface area contributed by atoms with Crippen molar-refractivity contribution in [3.8, 4) is 0 Å². The molecule has 0 bridgehead atoms. The smallest absolute Gasteiger partial charge is 0.326 e. The van der Waals surface area contributed by atoms with E-state index in [1.807, 2.05) is 6.92 Å². The van der Waals surface area contributed by atoms with Gasteiger partial charge in [-0.1, -0.05) is 19.4 Å². The van der Waals surface area contributed by atoms with E-state index in [9.17, 15) is 22.8 Å². The van der Waals surface area contributed by atoms with E-state index in [1.165, 1.54) is 19.1 Å². The van der Waals surface area contributed by atoms with Crippen LogP contribution in [0.1, 0.15) is 44.2 Å². The van der Waals surface area contributed by atoms with Gasteiger partial charge in [-0.2, -0.15) is 13.2 Å². The van der Waals surface area contributed by atoms with E-state index in [0.29, 0.717) is 6.42 Å². The van der Waals surface area contributed by atoms with Crippen molar-refractivity contribution in [2.75, 3.05) is 5.32 Å². The van der Waals surface area contributed by atoms with Gasteiger partial charge in [0.2, 0.25) is 5.91 Å². The van der Waals surface area contributed by atoms with Gasteiger partial charge >= 0.3 is 6.18 Å². The Morgan fingerprint density at radius 2 is 1.90 bits per heavy atom. The van der Waals surface area contributed by atoms with Crippen molar-refractivity contribution in [2.24, 2.45) is 0 Å². The third kappa shape index (κ3) is 5.57. The molecule has 1 aromatic carbocycles. The predicted molar refractivity (Wildman–Crippen MR) is 74.0 cm³/mol. The number of Topliss-reactive ketones (excluding diaryl/α,β-unsaturated/α-hetero) is 1. The Morgan fingerprint density at radius 1 is 1.24 bits per heavy atom. The molecule has 3 nitrogen and oxygen atoms in total. The van der Waals surface area contributed by atoms with E-state index < -0.39 is 11.7 Å². The molecule has 21 heavy (non-hydrogen) atoms. The molecule has 0 spiro atoms. The zero-order chi connectivity index (χ0) is 16.0. The zero-order valence-corrected chi connectivity index (χ0v) is 12.0. The fraction of sp³-hybridized carbons (Fsp3) is 0.467. The summed E-state index contributed by atoms with van der Waals surface area (Å²) in [5, 5.41) is 2.45. The molecule has 1 amide bonds. The SMILES string of the molecule is CCCCC(=O)Nc1ccc(CC(C)=O)c(C(F)(F)F)c1. The van der Waals surface area contributed by atoms with Gasteiger partial charge in [0.25, 0.3) is 0 Å². The predicted octanol–water partition coefficient (Wildman–Crippen LogP) is 3.97. The molecule has 0 saturated heterocycles. The first kappa shape index (κ1) is 17.2. The first-order valence-corrected chi connectivity index (χ1v) is 6.73. The molecule has 1 aromatic rings. The number of carbonyl (C=O) groups is 2. The minimum Gasteiger partial charge on any atom is -0.326 e. The number of ketones is 1. The van der Waals surface area contributed by atoms with Crippen LogP contribution in [0.2, 0.25) is 0 Å². The summed E-state index contributed by atoms with van der Waals surface area (Å²) >= 11 is 0. The average Bonchev–Trinajstić information content (AvgIpc) is 2.36. The van der Waals surface area contributed by atoms with Gasteiger partial charge in [-0.3, -0.25) is 9.59 Å². The average molecular weight is 301 g/mol. The Labute approximate surface area is 121 Å². The molecule has 0 heterocycles. The number of benzene rings is 1. The molecule has 0 radical (unpaired) electrons. The van der Waals surface area contributed by atoms with Crippen molar-refractivity contribution >= 4 is 17.4 Å². The van der Waals surface area contributed by atoms with Crippen LogP contribution in [0.3, 0.4) is 0 Å². The summed E-state index contributed by atoms with van der Waals surface area (Å²) < 4.78 is 39.0. The lowest BCUT2D eigenvalue weighted by atomic mass is 10.0. The van der Waals surface area contributed by atoms with Crippen LogP contribution < -0.4 is 5.32 Å². The van der Waals surface area contributed by atoms with Gasteiger partial charge in [0.1, 0.15) is 5.78 Å². The first-order valence-electron chi connectivity index (χ1n) is 6.73. The summed E-state index contributed by atoms with van der Waals surface area (Å²) in [5.41, 5.74) is -0.872. The molecule has 1 rings (SSSR count). The lowest BCUT2D eigenvalue weighted by Gasteiger charge is -2.14. The number of nitrogens with one attached hydrogen (secondary N) is 1. The van der Waals surface area contributed by atoms with E-state index >= 15 is 0 Å². The largest absolute Gasteiger partial charge is 0.416 e. The summed E-state index contributed by atoms with van der Waals surface area (Å²) in [4.78, 5) is 22.6. The number of unbranched alkanes of at least 4 members (excludes halogenated alkanes) is 1. The highest BCUT2D eigenvalue weighted by Crippen LogP contribution is 2.34. The number of amides is 1. The van der Waals surface area contributed by atoms with Gasteiger partial charge < -0.3 is 5.32 Å². The fourth-order valence-electron chi connectivity index (χ4n) is 1.90. The normalized spacial score (nSPS) is 11.3. The van der Waals surface area contributed by atoms with Crippen LogP contribution in [-0.2, 0) is 22.2 Å². The van der Waals surface area contributed by atoms with Crippen molar-refractivity contribution in [3.63, 3.8) is 0 Å². The number of rotatable bonds is 6. The van der Waals surface area contributed by atoms with Gasteiger partial charge in [0.15, 0.2) is 0 Å². The maximum absolute atomic E-state index is 13.0. The molecule has 116 valence electrons. The number of alkyl halides is 3. The molecule has 0 saturated carbocycles. The molecule has 0 aliphatic rings. The lowest BCUT2D eigenvalue weighted by molar-refractivity contribution is -0.138. The standard InChI is InChI=1S/C15H18F3NO2/c1-3-4-5-14(21)19-12-7-6-11(8-10(2)20)13(9-12)15(16,17)18/h6-7,9H,3-5,8H2,1-2H3,(H,19,21). The number of halogens is 3. The van der Waals surface area contributed by atoms with E-state index in [1.54, 1.807) is 0 Å². The quantitative estimate of drug-likeness (QED) is 0.864. The maximum Gasteiger partial charge on any atom is 0.416 e. The minimum absolute atomic E-state index is 0.0819. The number of carbonyl (C=O) groups excluding carboxylic acids is 2. The van der Waals surface area contributed by atoms with E-state index in [0.717, 1.165) is 12.5 Å². The van der Waals surface area contributed by atoms with E-state index in [-0.39, 0.29) is 35.8 Å². The van der Waals surface area contributed by atoms with Crippen molar-refractivity contribution < 1.29 is 22.8 Å². The Bertz CT molecular complexity index is 524. The monoisotopic (exact) mass is 301 g/mol. The van der Waals surface area contributed by atoms with Crippen molar-refractivity contribution in [3.05, 3.63) is 29.3 Å². The van der Waals surface area contributed by atoms with E-state index in [2.05, 4.69) is 5.32 Å². The summed E-state index contributed by atoms with van der Waals surface area (Å²) in [6, 6.07) is 3.50. The highest BCUT2D eigenvalue weighted by Gasteiger charge is 2.33. The molecule has 0 aliphatic carbocycles. The number of hydrogen-bond donors (Lipinski definition) is 1. The molecule has 6 heteroatoms. The summed E-state index contributed by atoms with van der Waals surface area (Å²) in [6.07, 6.45) is -3.06. The topological polar surface area (TPSA) is 46.2 Å². The third-order valence-corrected chi connectivity index (χ3v) is 2.90. The highest BCUT2D eigenvalue weighted by molar-refractivity contribution is 5.91. The van der Waals surface area contributed by atoms with Crippen LogP contribution in [0.15, 0.2) is 18.2 Å². The van der Waals surface area contributed by atoms with Crippen LogP contribution in [0.5, 0.6) is 0 Å². The van der Waals surface area contributed by atoms with Gasteiger partial charge in [-0.05, 0) is 31.0 Å². The van der Waals surface area contributed by atoms with Crippen molar-refractivity contribution in [1.82, 2.24) is 0 Å². The Hall–Kier alpha value is -1.85. The van der Waals surface area contributed by atoms with Gasteiger partial charge in [-0.15, -0.1) is 0 Å². The highest BCUT2D eigenvalue weighted by atomic mass is 19.4. The second-order valence-electron chi connectivity index (χ2n) is 4.90. The van der Waals surface area contributed by atoms with Crippen LogP contribution in [-0.4, -0.2) is 11.7 Å². The van der Waals surface area contributed by atoms with Crippen LogP contribution >= 0.6 is 0 Å². The first-order chi connectivity index (χ1) is 9.74. The van der Waals surface area contributed by atoms with Crippen molar-refractivity contribution in [1.29, 1.82) is 0 Å². The van der Waals surface area contributed by atoms with Crippen molar-refractivity contribution in [2.45, 2.75) is 45.7 Å². The van der Waals surface area contributed by atoms with Crippen LogP contribution in [0.25, 0.3) is 0 Å². The van der Waals surface area contributed by atoms with E-state index in [4.69, 9.17) is 0 Å². The molecule has 1 N–H and O–H groups in total. The Kier molecular flexibility index (Phi) is 5.93. The van der Waals surface area contributed by atoms with Crippen LogP contribution in [0.4, 0.5) is 18.9 Å². The van der Waals surface area contributed by atoms with Gasteiger partial charge in [0.05, 0.1) is 5.56 Å². The number of anilines is 1. The molecule has 0 aliphatic heterocycles. The molecular formula is C15H18F3NO2. The minimum atomic E-state index is -4.56. The van der Waals surface area contributed by atoms with Gasteiger partial charge in [0, 0.05) is 18.5 Å². The lowest BCUT2D eigenvalue weighted by Crippen LogP contribution is -2.15. The third-order valence-electron chi connectivity index (χ3n) is 2.90. The summed E-state index contributed by atoms with van der Waals surface area (Å²) in [5.74, 6) is -0.662. The molecule has 0 fully saturated rings. The Morgan fingerprint density at radius 3 is 2.43 bits per heavy atom. The fourth-order valence-corrected chi connectivity index (χ4v) is 1.90. The maximum atomic E-state index is 13.0. The summed E-state index contributed by atoms with van der Waals surface area (Å²) in [7, 11) is 0. The zero-order valence-electron chi connectivity index (χ0n) is 12.0. The van der Waals surface area contributed by atoms with Crippen LogP contribution in [0, 0.1) is 0 Å².